The Morgan fingerprint density at radius 2 is 1.90 bits per heavy atom. The first kappa shape index (κ1) is 22.2. The Hall–Kier alpha value is -2.47. The zero-order valence-corrected chi connectivity index (χ0v) is 18.4. The van der Waals surface area contributed by atoms with Crippen molar-refractivity contribution in [3.05, 3.63) is 41.3 Å². The zero-order valence-electron chi connectivity index (χ0n) is 16.8. The number of benzene rings is 1. The second-order valence-corrected chi connectivity index (χ2v) is 9.76. The second kappa shape index (κ2) is 9.56. The van der Waals surface area contributed by atoms with Gasteiger partial charge in [-0.2, -0.15) is 0 Å². The van der Waals surface area contributed by atoms with E-state index in [-0.39, 0.29) is 10.1 Å². The maximum absolute atomic E-state index is 12.8. The van der Waals surface area contributed by atoms with Gasteiger partial charge in [0.05, 0.1) is 19.3 Å². The number of rotatable bonds is 7. The fourth-order valence-electron chi connectivity index (χ4n) is 2.97. The minimum atomic E-state index is -3.75. The van der Waals surface area contributed by atoms with Crippen LogP contribution in [0.1, 0.15) is 10.4 Å². The third kappa shape index (κ3) is 5.36. The molecule has 0 aliphatic carbocycles. The van der Waals surface area contributed by atoms with Gasteiger partial charge in [-0.25, -0.2) is 13.1 Å². The lowest BCUT2D eigenvalue weighted by Gasteiger charge is -2.32. The van der Waals surface area contributed by atoms with Crippen LogP contribution in [0.15, 0.2) is 39.9 Å². The molecule has 0 atom stereocenters. The molecule has 9 nitrogen and oxygen atoms in total. The summed E-state index contributed by atoms with van der Waals surface area (Å²) in [5, 5.41) is 4.26. The molecular formula is C19H24N4O5S2. The zero-order chi connectivity index (χ0) is 21.7. The number of ether oxygens (including phenoxy) is 1. The van der Waals surface area contributed by atoms with E-state index in [0.29, 0.717) is 30.1 Å². The molecule has 0 saturated carbocycles. The number of anilines is 1. The third-order valence-electron chi connectivity index (χ3n) is 4.69. The molecule has 3 rings (SSSR count). The average molecular weight is 453 g/mol. The Morgan fingerprint density at radius 3 is 2.53 bits per heavy atom. The highest BCUT2D eigenvalue weighted by molar-refractivity contribution is 7.91. The van der Waals surface area contributed by atoms with E-state index in [0.717, 1.165) is 24.4 Å². The van der Waals surface area contributed by atoms with Gasteiger partial charge in [0.2, 0.25) is 5.91 Å². The summed E-state index contributed by atoms with van der Waals surface area (Å²) in [6, 6.07) is 7.88. The van der Waals surface area contributed by atoms with Crippen molar-refractivity contribution in [2.24, 2.45) is 0 Å². The van der Waals surface area contributed by atoms with E-state index < -0.39 is 22.5 Å². The Kier molecular flexibility index (Phi) is 7.08. The van der Waals surface area contributed by atoms with Crippen LogP contribution in [0.4, 0.5) is 5.69 Å². The molecule has 11 heteroatoms. The van der Waals surface area contributed by atoms with Crippen molar-refractivity contribution < 1.29 is 22.7 Å². The number of hydrogen-bond acceptors (Lipinski definition) is 7. The lowest BCUT2D eigenvalue weighted by molar-refractivity contribution is -0.115. The van der Waals surface area contributed by atoms with Gasteiger partial charge in [0.15, 0.2) is 0 Å². The first-order chi connectivity index (χ1) is 14.3. The Bertz CT molecular complexity index is 1000. The molecule has 0 spiro atoms. The number of carbonyl (C=O) groups excluding carboxylic acids is 2. The highest BCUT2D eigenvalue weighted by Crippen LogP contribution is 2.26. The quantitative estimate of drug-likeness (QED) is 0.651. The van der Waals surface area contributed by atoms with Gasteiger partial charge in [0, 0.05) is 31.7 Å². The van der Waals surface area contributed by atoms with Gasteiger partial charge in [0.1, 0.15) is 9.96 Å². The molecule has 2 N–H and O–H groups in total. The third-order valence-corrected chi connectivity index (χ3v) is 7.49. The molecule has 2 aromatic rings. The van der Waals surface area contributed by atoms with E-state index in [4.69, 9.17) is 4.74 Å². The smallest absolute Gasteiger partial charge is 0.254 e. The number of carbonyl (C=O) groups is 2. The van der Waals surface area contributed by atoms with E-state index in [2.05, 4.69) is 14.9 Å². The van der Waals surface area contributed by atoms with Crippen molar-refractivity contribution in [3.8, 4) is 5.75 Å². The lowest BCUT2D eigenvalue weighted by Crippen LogP contribution is -2.47. The summed E-state index contributed by atoms with van der Waals surface area (Å²) in [5.41, 5.74) is 0.729. The van der Waals surface area contributed by atoms with E-state index in [1.165, 1.54) is 13.2 Å². The summed E-state index contributed by atoms with van der Waals surface area (Å²) in [6.45, 7) is 2.42. The monoisotopic (exact) mass is 452 g/mol. The van der Waals surface area contributed by atoms with Crippen LogP contribution in [0.25, 0.3) is 0 Å². The number of likely N-dealkylation sites (N-methyl/N-ethyl adjacent to an activating group) is 1. The molecule has 1 aliphatic heterocycles. The van der Waals surface area contributed by atoms with Gasteiger partial charge < -0.3 is 19.9 Å². The molecule has 1 fully saturated rings. The van der Waals surface area contributed by atoms with Gasteiger partial charge in [-0.3, -0.25) is 9.59 Å². The molecule has 0 bridgehead atoms. The summed E-state index contributed by atoms with van der Waals surface area (Å²) < 4.78 is 32.0. The van der Waals surface area contributed by atoms with E-state index >= 15 is 0 Å². The van der Waals surface area contributed by atoms with Crippen LogP contribution in [0, 0.1) is 0 Å². The molecule has 0 radical (unpaired) electrons. The van der Waals surface area contributed by atoms with Crippen molar-refractivity contribution in [1.29, 1.82) is 0 Å². The molecule has 0 unspecified atom stereocenters. The summed E-state index contributed by atoms with van der Waals surface area (Å²) in [4.78, 5) is 29.0. The van der Waals surface area contributed by atoms with Crippen molar-refractivity contribution in [2.45, 2.75) is 4.21 Å². The van der Waals surface area contributed by atoms with E-state index in [1.807, 2.05) is 7.05 Å². The van der Waals surface area contributed by atoms with Crippen LogP contribution < -0.4 is 14.8 Å². The molecule has 162 valence electrons. The van der Waals surface area contributed by atoms with Gasteiger partial charge >= 0.3 is 0 Å². The topological polar surface area (TPSA) is 108 Å². The second-order valence-electron chi connectivity index (χ2n) is 6.82. The number of amides is 2. The average Bonchev–Trinajstić information content (AvgIpc) is 3.28. The first-order valence-electron chi connectivity index (χ1n) is 9.29. The Balaban J connectivity index is 1.68. The van der Waals surface area contributed by atoms with Crippen LogP contribution in [0.2, 0.25) is 0 Å². The van der Waals surface area contributed by atoms with Crippen molar-refractivity contribution in [2.75, 3.05) is 52.2 Å². The SMILES string of the molecule is COc1ccc(C(=O)N2CCN(C)CC2)cc1NC(=O)CNS(=O)(=O)c1cccs1. The van der Waals surface area contributed by atoms with Crippen molar-refractivity contribution >= 4 is 38.9 Å². The molecule has 1 aromatic heterocycles. The van der Waals surface area contributed by atoms with Gasteiger partial charge in [0.25, 0.3) is 15.9 Å². The largest absolute Gasteiger partial charge is 0.495 e. The fourth-order valence-corrected chi connectivity index (χ4v) is 4.99. The van der Waals surface area contributed by atoms with Crippen LogP contribution >= 0.6 is 11.3 Å². The summed E-state index contributed by atoms with van der Waals surface area (Å²) >= 11 is 1.06. The normalized spacial score (nSPS) is 15.1. The minimum Gasteiger partial charge on any atom is -0.495 e. The van der Waals surface area contributed by atoms with Crippen LogP contribution in [-0.4, -0.2) is 76.9 Å². The number of piperazine rings is 1. The highest BCUT2D eigenvalue weighted by atomic mass is 32.2. The minimum absolute atomic E-state index is 0.125. The molecule has 2 amide bonds. The number of sulfonamides is 1. The van der Waals surface area contributed by atoms with Crippen LogP contribution in [-0.2, 0) is 14.8 Å². The molecule has 1 aliphatic rings. The van der Waals surface area contributed by atoms with Crippen LogP contribution in [0.3, 0.4) is 0 Å². The van der Waals surface area contributed by atoms with Gasteiger partial charge in [-0.05, 0) is 36.7 Å². The van der Waals surface area contributed by atoms with E-state index in [9.17, 15) is 18.0 Å². The van der Waals surface area contributed by atoms with Gasteiger partial charge in [-0.1, -0.05) is 6.07 Å². The molecular weight excluding hydrogens is 428 g/mol. The maximum Gasteiger partial charge on any atom is 0.254 e. The fraction of sp³-hybridized carbons (Fsp3) is 0.368. The standard InChI is InChI=1S/C19H24N4O5S2/c1-22-7-9-23(10-8-22)19(25)14-5-6-16(28-2)15(12-14)21-17(24)13-20-30(26,27)18-4-3-11-29-18/h3-6,11-12,20H,7-10,13H2,1-2H3,(H,21,24). The summed E-state index contributed by atoms with van der Waals surface area (Å²) in [7, 11) is -0.289. The number of nitrogens with one attached hydrogen (secondary N) is 2. The molecule has 2 heterocycles. The number of nitrogens with zero attached hydrogens (tertiary/aromatic N) is 2. The van der Waals surface area contributed by atoms with Gasteiger partial charge in [-0.15, -0.1) is 11.3 Å². The Morgan fingerprint density at radius 1 is 1.17 bits per heavy atom. The summed E-state index contributed by atoms with van der Waals surface area (Å²) in [6.07, 6.45) is 0. The van der Waals surface area contributed by atoms with Crippen LogP contribution in [0.5, 0.6) is 5.75 Å². The first-order valence-corrected chi connectivity index (χ1v) is 11.7. The molecule has 1 aromatic carbocycles. The summed E-state index contributed by atoms with van der Waals surface area (Å²) in [5.74, 6) is -0.323. The molecule has 30 heavy (non-hydrogen) atoms. The van der Waals surface area contributed by atoms with E-state index in [1.54, 1.807) is 34.5 Å². The number of thiophene rings is 1. The van der Waals surface area contributed by atoms with Crippen molar-refractivity contribution in [3.63, 3.8) is 0 Å². The van der Waals surface area contributed by atoms with Crippen molar-refractivity contribution in [1.82, 2.24) is 14.5 Å². The maximum atomic E-state index is 12.8. The Labute approximate surface area is 179 Å². The highest BCUT2D eigenvalue weighted by Gasteiger charge is 2.22. The number of hydrogen-bond donors (Lipinski definition) is 2. The number of methoxy groups -OCH3 is 1. The predicted molar refractivity (Wildman–Crippen MR) is 115 cm³/mol. The predicted octanol–water partition coefficient (Wildman–Crippen LogP) is 1.06. The lowest BCUT2D eigenvalue weighted by atomic mass is 10.1. The molecule has 1 saturated heterocycles.